The SMILES string of the molecule is COc1cc(Nc2nc(-c3cnc4c(c3)NCCO4)cn3ccnc23)ccc1N1CCOCC1(C)C. The molecule has 10 heteroatoms. The van der Waals surface area contributed by atoms with E-state index in [-0.39, 0.29) is 5.54 Å². The summed E-state index contributed by atoms with van der Waals surface area (Å²) in [5.41, 5.74) is 5.02. The van der Waals surface area contributed by atoms with E-state index in [0.29, 0.717) is 31.5 Å². The van der Waals surface area contributed by atoms with Crippen molar-refractivity contribution in [2.24, 2.45) is 0 Å². The van der Waals surface area contributed by atoms with Crippen LogP contribution in [0.5, 0.6) is 11.6 Å². The number of rotatable bonds is 5. The van der Waals surface area contributed by atoms with Gasteiger partial charge in [-0.15, -0.1) is 0 Å². The number of methoxy groups -OCH3 is 1. The zero-order chi connectivity index (χ0) is 24.7. The molecule has 4 aromatic rings. The molecular formula is C26H29N7O3. The van der Waals surface area contributed by atoms with Crippen LogP contribution in [-0.4, -0.2) is 64.9 Å². The molecule has 0 bridgehead atoms. The summed E-state index contributed by atoms with van der Waals surface area (Å²) in [6.07, 6.45) is 7.40. The average Bonchev–Trinajstić information content (AvgIpc) is 3.37. The summed E-state index contributed by atoms with van der Waals surface area (Å²) in [5.74, 6) is 2.04. The minimum atomic E-state index is -0.124. The predicted octanol–water partition coefficient (Wildman–Crippen LogP) is 3.96. The average molecular weight is 488 g/mol. The summed E-state index contributed by atoms with van der Waals surface area (Å²) in [7, 11) is 1.70. The molecule has 1 fully saturated rings. The monoisotopic (exact) mass is 487 g/mol. The van der Waals surface area contributed by atoms with Gasteiger partial charge in [-0.1, -0.05) is 0 Å². The molecule has 0 amide bonds. The molecule has 1 saturated heterocycles. The normalized spacial score (nSPS) is 16.7. The number of nitrogens with zero attached hydrogens (tertiary/aromatic N) is 5. The van der Waals surface area contributed by atoms with E-state index in [9.17, 15) is 0 Å². The van der Waals surface area contributed by atoms with Crippen LogP contribution in [0.25, 0.3) is 16.9 Å². The zero-order valence-corrected chi connectivity index (χ0v) is 20.6. The Hall–Kier alpha value is -4.05. The molecule has 5 heterocycles. The molecular weight excluding hydrogens is 458 g/mol. The van der Waals surface area contributed by atoms with Crippen LogP contribution in [0, 0.1) is 0 Å². The highest BCUT2D eigenvalue weighted by Crippen LogP contribution is 2.37. The van der Waals surface area contributed by atoms with Crippen molar-refractivity contribution in [2.45, 2.75) is 19.4 Å². The lowest BCUT2D eigenvalue weighted by Gasteiger charge is -2.44. The van der Waals surface area contributed by atoms with Crippen molar-refractivity contribution in [2.75, 3.05) is 55.6 Å². The molecule has 0 saturated carbocycles. The van der Waals surface area contributed by atoms with Gasteiger partial charge in [0.05, 0.1) is 42.9 Å². The summed E-state index contributed by atoms with van der Waals surface area (Å²) in [4.78, 5) is 16.2. The first-order valence-corrected chi connectivity index (χ1v) is 12.0. The largest absolute Gasteiger partial charge is 0.495 e. The van der Waals surface area contributed by atoms with E-state index in [1.807, 2.05) is 35.0 Å². The molecule has 0 radical (unpaired) electrons. The van der Waals surface area contributed by atoms with Crippen molar-refractivity contribution in [3.05, 3.63) is 49.1 Å². The van der Waals surface area contributed by atoms with Gasteiger partial charge in [-0.2, -0.15) is 0 Å². The predicted molar refractivity (Wildman–Crippen MR) is 139 cm³/mol. The third-order valence-electron chi connectivity index (χ3n) is 6.56. The molecule has 10 nitrogen and oxygen atoms in total. The Morgan fingerprint density at radius 2 is 2.08 bits per heavy atom. The maximum atomic E-state index is 5.80. The van der Waals surface area contributed by atoms with E-state index in [1.54, 1.807) is 19.5 Å². The van der Waals surface area contributed by atoms with Crippen molar-refractivity contribution in [3.8, 4) is 22.9 Å². The first-order chi connectivity index (χ1) is 17.5. The number of imidazole rings is 1. The van der Waals surface area contributed by atoms with E-state index in [1.165, 1.54) is 0 Å². The van der Waals surface area contributed by atoms with E-state index in [2.05, 4.69) is 45.4 Å². The standard InChI is InChI=1S/C26H29N7O3/c1-26(2)16-35-11-9-33(26)21-5-4-18(13-22(21)34-3)30-23-24-28-6-8-32(24)15-20(31-23)17-12-19-25(29-14-17)36-10-7-27-19/h4-6,8,12-15,27H,7,9-11,16H2,1-3H3,(H,30,31). The third-order valence-corrected chi connectivity index (χ3v) is 6.56. The number of nitrogens with one attached hydrogen (secondary N) is 2. The Balaban J connectivity index is 1.35. The molecule has 2 aliphatic heterocycles. The second-order valence-electron chi connectivity index (χ2n) is 9.51. The van der Waals surface area contributed by atoms with Gasteiger partial charge in [0.2, 0.25) is 5.88 Å². The quantitative estimate of drug-likeness (QED) is 0.433. The number of pyridine rings is 1. The Morgan fingerprint density at radius 1 is 1.17 bits per heavy atom. The highest BCUT2D eigenvalue weighted by Gasteiger charge is 2.32. The first kappa shape index (κ1) is 22.4. The maximum Gasteiger partial charge on any atom is 0.237 e. The zero-order valence-electron chi connectivity index (χ0n) is 20.6. The number of hydrogen-bond acceptors (Lipinski definition) is 9. The van der Waals surface area contributed by atoms with Crippen LogP contribution >= 0.6 is 0 Å². The smallest absolute Gasteiger partial charge is 0.237 e. The van der Waals surface area contributed by atoms with Crippen LogP contribution in [0.4, 0.5) is 22.9 Å². The van der Waals surface area contributed by atoms with Gasteiger partial charge in [0, 0.05) is 55.2 Å². The van der Waals surface area contributed by atoms with E-state index >= 15 is 0 Å². The molecule has 0 unspecified atom stereocenters. The number of aromatic nitrogens is 4. The summed E-state index contributed by atoms with van der Waals surface area (Å²) < 4.78 is 19.1. The van der Waals surface area contributed by atoms with Gasteiger partial charge in [-0.25, -0.2) is 15.0 Å². The summed E-state index contributed by atoms with van der Waals surface area (Å²) in [5, 5.41) is 6.79. The number of anilines is 4. The van der Waals surface area contributed by atoms with E-state index in [4.69, 9.17) is 19.2 Å². The molecule has 1 aromatic carbocycles. The number of fused-ring (bicyclic) bond motifs is 2. The molecule has 36 heavy (non-hydrogen) atoms. The maximum absolute atomic E-state index is 5.80. The van der Waals surface area contributed by atoms with Crippen LogP contribution in [0.1, 0.15) is 13.8 Å². The molecule has 6 rings (SSSR count). The topological polar surface area (TPSA) is 98.1 Å². The number of morpholine rings is 1. The summed E-state index contributed by atoms with van der Waals surface area (Å²) in [6.45, 7) is 7.89. The molecule has 0 aliphatic carbocycles. The molecule has 0 atom stereocenters. The third kappa shape index (κ3) is 4.03. The van der Waals surface area contributed by atoms with Crippen molar-refractivity contribution in [1.82, 2.24) is 19.4 Å². The van der Waals surface area contributed by atoms with Gasteiger partial charge in [-0.05, 0) is 32.0 Å². The van der Waals surface area contributed by atoms with Crippen molar-refractivity contribution < 1.29 is 14.2 Å². The Bertz CT molecular complexity index is 1420. The molecule has 2 N–H and O–H groups in total. The van der Waals surface area contributed by atoms with Crippen LogP contribution in [0.3, 0.4) is 0 Å². The van der Waals surface area contributed by atoms with Crippen LogP contribution in [0.2, 0.25) is 0 Å². The minimum absolute atomic E-state index is 0.124. The van der Waals surface area contributed by atoms with Gasteiger partial charge in [0.1, 0.15) is 12.4 Å². The highest BCUT2D eigenvalue weighted by atomic mass is 16.5. The van der Waals surface area contributed by atoms with Crippen molar-refractivity contribution in [3.63, 3.8) is 0 Å². The Labute approximate surface area is 209 Å². The van der Waals surface area contributed by atoms with Crippen LogP contribution < -0.4 is 25.0 Å². The molecule has 3 aromatic heterocycles. The number of benzene rings is 1. The molecule has 0 spiro atoms. The van der Waals surface area contributed by atoms with Gasteiger partial charge < -0.3 is 34.1 Å². The van der Waals surface area contributed by atoms with E-state index in [0.717, 1.165) is 52.8 Å². The van der Waals surface area contributed by atoms with Gasteiger partial charge in [0.15, 0.2) is 11.5 Å². The van der Waals surface area contributed by atoms with Crippen LogP contribution in [0.15, 0.2) is 49.1 Å². The highest BCUT2D eigenvalue weighted by molar-refractivity contribution is 5.77. The number of hydrogen-bond donors (Lipinski definition) is 2. The fraction of sp³-hybridized carbons (Fsp3) is 0.346. The lowest BCUT2D eigenvalue weighted by atomic mass is 10.0. The van der Waals surface area contributed by atoms with Crippen molar-refractivity contribution in [1.29, 1.82) is 0 Å². The van der Waals surface area contributed by atoms with Gasteiger partial charge in [0.25, 0.3) is 0 Å². The van der Waals surface area contributed by atoms with Crippen LogP contribution in [-0.2, 0) is 4.74 Å². The number of ether oxygens (including phenoxy) is 3. The molecule has 2 aliphatic rings. The Morgan fingerprint density at radius 3 is 2.94 bits per heavy atom. The lowest BCUT2D eigenvalue weighted by Crippen LogP contribution is -2.53. The summed E-state index contributed by atoms with van der Waals surface area (Å²) in [6, 6.07) is 8.13. The Kier molecular flexibility index (Phi) is 5.52. The first-order valence-electron chi connectivity index (χ1n) is 12.0. The molecule has 186 valence electrons. The van der Waals surface area contributed by atoms with Gasteiger partial charge in [-0.3, -0.25) is 0 Å². The second kappa shape index (κ2) is 8.87. The van der Waals surface area contributed by atoms with Crippen molar-refractivity contribution >= 4 is 28.5 Å². The lowest BCUT2D eigenvalue weighted by molar-refractivity contribution is 0.0641. The van der Waals surface area contributed by atoms with Gasteiger partial charge >= 0.3 is 0 Å². The van der Waals surface area contributed by atoms with E-state index < -0.39 is 0 Å². The summed E-state index contributed by atoms with van der Waals surface area (Å²) >= 11 is 0. The minimum Gasteiger partial charge on any atom is -0.495 e. The fourth-order valence-electron chi connectivity index (χ4n) is 4.74. The fourth-order valence-corrected chi connectivity index (χ4v) is 4.74. The second-order valence-corrected chi connectivity index (χ2v) is 9.51.